The lowest BCUT2D eigenvalue weighted by molar-refractivity contribution is -0.152. The Bertz CT molecular complexity index is 778. The Kier molecular flexibility index (Phi) is 4.97. The number of carbonyl (C=O) groups is 2. The summed E-state index contributed by atoms with van der Waals surface area (Å²) in [6.45, 7) is 3.38. The van der Waals surface area contributed by atoms with Crippen molar-refractivity contribution >= 4 is 17.6 Å². The third kappa shape index (κ3) is 3.79. The Morgan fingerprint density at radius 3 is 2.68 bits per heavy atom. The number of hydrogen-bond donors (Lipinski definition) is 0. The predicted molar refractivity (Wildman–Crippen MR) is 91.9 cm³/mol. The monoisotopic (exact) mass is 340 g/mol. The molecule has 0 radical (unpaired) electrons. The SMILES string of the molecule is CCC(=O)OCC(=O)N1N=C(c2ccc(C)cc2)C[C@@H]1c1ccco1. The maximum absolute atomic E-state index is 12.5. The van der Waals surface area contributed by atoms with Gasteiger partial charge in [0, 0.05) is 12.8 Å². The lowest BCUT2D eigenvalue weighted by atomic mass is 10.0. The molecule has 2 aromatic rings. The van der Waals surface area contributed by atoms with Crippen molar-refractivity contribution in [2.75, 3.05) is 6.61 Å². The molecule has 1 aliphatic heterocycles. The minimum Gasteiger partial charge on any atom is -0.467 e. The normalized spacial score (nSPS) is 16.6. The molecule has 130 valence electrons. The molecular weight excluding hydrogens is 320 g/mol. The van der Waals surface area contributed by atoms with E-state index >= 15 is 0 Å². The zero-order valence-corrected chi connectivity index (χ0v) is 14.3. The van der Waals surface area contributed by atoms with Crippen molar-refractivity contribution in [1.82, 2.24) is 5.01 Å². The lowest BCUT2D eigenvalue weighted by Gasteiger charge is -2.19. The maximum Gasteiger partial charge on any atom is 0.306 e. The number of amides is 1. The van der Waals surface area contributed by atoms with Gasteiger partial charge in [-0.2, -0.15) is 5.10 Å². The highest BCUT2D eigenvalue weighted by Gasteiger charge is 2.35. The summed E-state index contributed by atoms with van der Waals surface area (Å²) in [6, 6.07) is 11.2. The molecule has 25 heavy (non-hydrogen) atoms. The Morgan fingerprint density at radius 2 is 2.04 bits per heavy atom. The van der Waals surface area contributed by atoms with E-state index in [1.807, 2.05) is 37.3 Å². The van der Waals surface area contributed by atoms with Crippen molar-refractivity contribution in [3.63, 3.8) is 0 Å². The van der Waals surface area contributed by atoms with Gasteiger partial charge in [-0.15, -0.1) is 0 Å². The van der Waals surface area contributed by atoms with Crippen molar-refractivity contribution in [3.8, 4) is 0 Å². The molecule has 0 saturated carbocycles. The molecule has 1 aromatic carbocycles. The maximum atomic E-state index is 12.5. The molecule has 0 spiro atoms. The Labute approximate surface area is 146 Å². The van der Waals surface area contributed by atoms with Gasteiger partial charge in [0.05, 0.1) is 12.0 Å². The average molecular weight is 340 g/mol. The van der Waals surface area contributed by atoms with Crippen LogP contribution in [0.1, 0.15) is 42.7 Å². The summed E-state index contributed by atoms with van der Waals surface area (Å²) in [5.74, 6) is -0.129. The van der Waals surface area contributed by atoms with Gasteiger partial charge < -0.3 is 9.15 Å². The van der Waals surface area contributed by atoms with Crippen LogP contribution < -0.4 is 0 Å². The zero-order chi connectivity index (χ0) is 17.8. The van der Waals surface area contributed by atoms with E-state index in [0.29, 0.717) is 12.2 Å². The molecule has 1 amide bonds. The van der Waals surface area contributed by atoms with Crippen LogP contribution in [0.15, 0.2) is 52.2 Å². The van der Waals surface area contributed by atoms with Crippen LogP contribution in [-0.2, 0) is 14.3 Å². The van der Waals surface area contributed by atoms with Crippen LogP contribution in [-0.4, -0.2) is 29.2 Å². The fourth-order valence-corrected chi connectivity index (χ4v) is 2.67. The molecule has 6 nitrogen and oxygen atoms in total. The van der Waals surface area contributed by atoms with E-state index in [4.69, 9.17) is 9.15 Å². The van der Waals surface area contributed by atoms with Crippen LogP contribution in [0, 0.1) is 6.92 Å². The number of ether oxygens (including phenoxy) is 1. The molecule has 0 N–H and O–H groups in total. The van der Waals surface area contributed by atoms with Gasteiger partial charge in [-0.05, 0) is 24.6 Å². The Morgan fingerprint density at radius 1 is 1.28 bits per heavy atom. The summed E-state index contributed by atoms with van der Waals surface area (Å²) >= 11 is 0. The molecule has 3 rings (SSSR count). The van der Waals surface area contributed by atoms with Gasteiger partial charge in [-0.1, -0.05) is 36.8 Å². The fourth-order valence-electron chi connectivity index (χ4n) is 2.67. The first-order chi connectivity index (χ1) is 12.1. The second-order valence-corrected chi connectivity index (χ2v) is 5.90. The Hall–Kier alpha value is -2.89. The first kappa shape index (κ1) is 17.0. The van der Waals surface area contributed by atoms with E-state index in [1.165, 1.54) is 5.01 Å². The van der Waals surface area contributed by atoms with Gasteiger partial charge in [0.15, 0.2) is 6.61 Å². The number of nitrogens with zero attached hydrogens (tertiary/aromatic N) is 2. The smallest absolute Gasteiger partial charge is 0.306 e. The number of esters is 1. The second kappa shape index (κ2) is 7.34. The molecule has 1 aliphatic rings. The third-order valence-corrected chi connectivity index (χ3v) is 4.07. The van der Waals surface area contributed by atoms with Crippen LogP contribution in [0.2, 0.25) is 0 Å². The highest BCUT2D eigenvalue weighted by molar-refractivity contribution is 6.03. The molecule has 2 heterocycles. The molecular formula is C19H20N2O4. The van der Waals surface area contributed by atoms with Crippen molar-refractivity contribution in [1.29, 1.82) is 0 Å². The summed E-state index contributed by atoms with van der Waals surface area (Å²) < 4.78 is 10.4. The van der Waals surface area contributed by atoms with Gasteiger partial charge in [-0.3, -0.25) is 9.59 Å². The highest BCUT2D eigenvalue weighted by Crippen LogP contribution is 2.33. The number of rotatable bonds is 5. The molecule has 0 fully saturated rings. The van der Waals surface area contributed by atoms with Gasteiger partial charge in [0.1, 0.15) is 11.8 Å². The molecule has 6 heteroatoms. The summed E-state index contributed by atoms with van der Waals surface area (Å²) in [6.07, 6.45) is 2.34. The molecule has 0 saturated heterocycles. The summed E-state index contributed by atoms with van der Waals surface area (Å²) in [7, 11) is 0. The Balaban J connectivity index is 1.83. The molecule has 0 unspecified atom stereocenters. The van der Waals surface area contributed by atoms with Crippen LogP contribution >= 0.6 is 0 Å². The molecule has 1 aromatic heterocycles. The standard InChI is InChI=1S/C19H20N2O4/c1-3-19(23)25-12-18(22)21-16(17-5-4-10-24-17)11-15(20-21)14-8-6-13(2)7-9-14/h4-10,16H,3,11-12H2,1-2H3/t16-/m1/s1. The van der Waals surface area contributed by atoms with E-state index < -0.39 is 5.97 Å². The number of aryl methyl sites for hydroxylation is 1. The highest BCUT2D eigenvalue weighted by atomic mass is 16.5. The first-order valence-corrected chi connectivity index (χ1v) is 8.24. The van der Waals surface area contributed by atoms with Gasteiger partial charge in [0.2, 0.25) is 0 Å². The quantitative estimate of drug-likeness (QED) is 0.784. The minimum absolute atomic E-state index is 0.229. The van der Waals surface area contributed by atoms with Crippen LogP contribution in [0.5, 0.6) is 0 Å². The second-order valence-electron chi connectivity index (χ2n) is 5.90. The van der Waals surface area contributed by atoms with Gasteiger partial charge >= 0.3 is 5.97 Å². The number of benzene rings is 1. The van der Waals surface area contributed by atoms with Crippen LogP contribution in [0.4, 0.5) is 0 Å². The van der Waals surface area contributed by atoms with E-state index in [2.05, 4.69) is 5.10 Å². The molecule has 0 aliphatic carbocycles. The number of furan rings is 1. The van der Waals surface area contributed by atoms with Gasteiger partial charge in [-0.25, -0.2) is 5.01 Å². The summed E-state index contributed by atoms with van der Waals surface area (Å²) in [5.41, 5.74) is 2.92. The zero-order valence-electron chi connectivity index (χ0n) is 14.3. The van der Waals surface area contributed by atoms with Crippen molar-refractivity contribution in [3.05, 3.63) is 59.5 Å². The number of hydrogen-bond acceptors (Lipinski definition) is 5. The van der Waals surface area contributed by atoms with Crippen molar-refractivity contribution < 1.29 is 18.7 Å². The van der Waals surface area contributed by atoms with Crippen molar-refractivity contribution in [2.24, 2.45) is 5.10 Å². The minimum atomic E-state index is -0.412. The van der Waals surface area contributed by atoms with Gasteiger partial charge in [0.25, 0.3) is 5.91 Å². The van der Waals surface area contributed by atoms with E-state index in [0.717, 1.165) is 16.8 Å². The average Bonchev–Trinajstić information content (AvgIpc) is 3.29. The van der Waals surface area contributed by atoms with E-state index in [-0.39, 0.29) is 25.0 Å². The largest absolute Gasteiger partial charge is 0.467 e. The summed E-state index contributed by atoms with van der Waals surface area (Å²) in [5, 5.41) is 5.84. The number of hydrazone groups is 1. The summed E-state index contributed by atoms with van der Waals surface area (Å²) in [4.78, 5) is 23.8. The van der Waals surface area contributed by atoms with Crippen molar-refractivity contribution in [2.45, 2.75) is 32.7 Å². The fraction of sp³-hybridized carbons (Fsp3) is 0.316. The number of carbonyl (C=O) groups excluding carboxylic acids is 2. The van der Waals surface area contributed by atoms with Crippen LogP contribution in [0.25, 0.3) is 0 Å². The third-order valence-electron chi connectivity index (χ3n) is 4.07. The van der Waals surface area contributed by atoms with Crippen LogP contribution in [0.3, 0.4) is 0 Å². The molecule has 1 atom stereocenters. The van der Waals surface area contributed by atoms with E-state index in [9.17, 15) is 9.59 Å². The predicted octanol–water partition coefficient (Wildman–Crippen LogP) is 3.22. The topological polar surface area (TPSA) is 72.1 Å². The first-order valence-electron chi connectivity index (χ1n) is 8.24. The lowest BCUT2D eigenvalue weighted by Crippen LogP contribution is -2.31. The molecule has 0 bridgehead atoms. The van der Waals surface area contributed by atoms with E-state index in [1.54, 1.807) is 19.3 Å².